The first-order valence-corrected chi connectivity index (χ1v) is 6.57. The van der Waals surface area contributed by atoms with Crippen molar-refractivity contribution in [3.8, 4) is 0 Å². The number of thiazole rings is 1. The van der Waals surface area contributed by atoms with Crippen molar-refractivity contribution < 1.29 is 4.79 Å². The third-order valence-corrected chi connectivity index (χ3v) is 3.53. The molecule has 0 saturated heterocycles. The van der Waals surface area contributed by atoms with Gasteiger partial charge in [-0.2, -0.15) is 0 Å². The van der Waals surface area contributed by atoms with E-state index >= 15 is 0 Å². The first-order valence-electron chi connectivity index (χ1n) is 4.96. The largest absolute Gasteiger partial charge is 0.323 e. The van der Waals surface area contributed by atoms with E-state index in [0.29, 0.717) is 16.4 Å². The van der Waals surface area contributed by atoms with Crippen molar-refractivity contribution in [2.24, 2.45) is 5.84 Å². The Morgan fingerprint density at radius 1 is 1.44 bits per heavy atom. The third kappa shape index (κ3) is 2.84. The molecule has 0 fully saturated rings. The molecule has 0 aromatic carbocycles. The van der Waals surface area contributed by atoms with Crippen LogP contribution in [0.3, 0.4) is 0 Å². The molecule has 0 aliphatic carbocycles. The SMILES string of the molecule is Cc1cc(NN)c(C(=O)Nc2ncc(Br)s2)cn1. The molecule has 8 heteroatoms. The Kier molecular flexibility index (Phi) is 3.90. The van der Waals surface area contributed by atoms with Crippen molar-refractivity contribution in [1.29, 1.82) is 0 Å². The quantitative estimate of drug-likeness (QED) is 0.593. The fraction of sp³-hybridized carbons (Fsp3) is 0.100. The maximum Gasteiger partial charge on any atom is 0.261 e. The molecule has 0 radical (unpaired) electrons. The first kappa shape index (κ1) is 12.9. The predicted octanol–water partition coefficient (Wildman–Crippen LogP) is 2.15. The predicted molar refractivity (Wildman–Crippen MR) is 74.6 cm³/mol. The van der Waals surface area contributed by atoms with Crippen LogP contribution in [-0.4, -0.2) is 15.9 Å². The second kappa shape index (κ2) is 5.42. The van der Waals surface area contributed by atoms with E-state index in [2.05, 4.69) is 36.6 Å². The lowest BCUT2D eigenvalue weighted by atomic mass is 10.2. The first-order chi connectivity index (χ1) is 8.60. The zero-order valence-electron chi connectivity index (χ0n) is 9.40. The molecule has 2 rings (SSSR count). The van der Waals surface area contributed by atoms with Gasteiger partial charge in [0.2, 0.25) is 0 Å². The number of carbonyl (C=O) groups excluding carboxylic acids is 1. The number of nitrogen functional groups attached to an aromatic ring is 1. The van der Waals surface area contributed by atoms with Crippen molar-refractivity contribution in [3.63, 3.8) is 0 Å². The van der Waals surface area contributed by atoms with Gasteiger partial charge in [0.25, 0.3) is 5.91 Å². The maximum absolute atomic E-state index is 12.0. The summed E-state index contributed by atoms with van der Waals surface area (Å²) >= 11 is 4.60. The molecule has 2 aromatic heterocycles. The number of hydrogen-bond acceptors (Lipinski definition) is 6. The summed E-state index contributed by atoms with van der Waals surface area (Å²) in [6.45, 7) is 1.82. The molecule has 4 N–H and O–H groups in total. The van der Waals surface area contributed by atoms with Crippen LogP contribution in [0, 0.1) is 6.92 Å². The summed E-state index contributed by atoms with van der Waals surface area (Å²) in [6, 6.07) is 1.70. The monoisotopic (exact) mass is 327 g/mol. The average Bonchev–Trinajstić information content (AvgIpc) is 2.74. The fourth-order valence-electron chi connectivity index (χ4n) is 1.34. The van der Waals surface area contributed by atoms with E-state index in [1.165, 1.54) is 17.5 Å². The number of aromatic nitrogens is 2. The van der Waals surface area contributed by atoms with Crippen LogP contribution in [0.4, 0.5) is 10.8 Å². The highest BCUT2D eigenvalue weighted by Crippen LogP contribution is 2.24. The van der Waals surface area contributed by atoms with Crippen LogP contribution in [-0.2, 0) is 0 Å². The van der Waals surface area contributed by atoms with Gasteiger partial charge in [-0.3, -0.25) is 20.9 Å². The van der Waals surface area contributed by atoms with Gasteiger partial charge in [0, 0.05) is 11.9 Å². The Hall–Kier alpha value is -1.51. The second-order valence-electron chi connectivity index (χ2n) is 3.44. The van der Waals surface area contributed by atoms with Crippen LogP contribution >= 0.6 is 27.3 Å². The summed E-state index contributed by atoms with van der Waals surface area (Å²) < 4.78 is 0.844. The number of hydrogen-bond donors (Lipinski definition) is 3. The van der Waals surface area contributed by atoms with Crippen LogP contribution in [0.5, 0.6) is 0 Å². The number of carbonyl (C=O) groups is 1. The van der Waals surface area contributed by atoms with E-state index in [-0.39, 0.29) is 5.91 Å². The van der Waals surface area contributed by atoms with Crippen LogP contribution in [0.15, 0.2) is 22.2 Å². The van der Waals surface area contributed by atoms with Gasteiger partial charge in [-0.15, -0.1) is 0 Å². The molecule has 0 aliphatic rings. The van der Waals surface area contributed by atoms with Crippen molar-refractivity contribution >= 4 is 44.0 Å². The van der Waals surface area contributed by atoms with Crippen LogP contribution in [0.1, 0.15) is 16.1 Å². The zero-order chi connectivity index (χ0) is 13.1. The number of aryl methyl sites for hydroxylation is 1. The van der Waals surface area contributed by atoms with Crippen LogP contribution in [0.25, 0.3) is 0 Å². The molecule has 1 amide bonds. The molecule has 6 nitrogen and oxygen atoms in total. The summed E-state index contributed by atoms with van der Waals surface area (Å²) in [5.74, 6) is 5.07. The third-order valence-electron chi connectivity index (χ3n) is 2.14. The standard InChI is InChI=1S/C10H10BrN5OS/c1-5-2-7(16-12)6(3-13-5)9(17)15-10-14-4-8(11)18-10/h2-4H,12H2,1H3,(H,13,16)(H,14,15,17). The van der Waals surface area contributed by atoms with E-state index in [4.69, 9.17) is 5.84 Å². The summed E-state index contributed by atoms with van der Waals surface area (Å²) in [7, 11) is 0. The highest BCUT2D eigenvalue weighted by molar-refractivity contribution is 9.11. The average molecular weight is 328 g/mol. The number of nitrogens with one attached hydrogen (secondary N) is 2. The molecular formula is C10H10BrN5OS. The minimum absolute atomic E-state index is 0.308. The highest BCUT2D eigenvalue weighted by atomic mass is 79.9. The summed E-state index contributed by atoms with van der Waals surface area (Å²) in [5, 5.41) is 3.19. The number of nitrogens with zero attached hydrogens (tertiary/aromatic N) is 2. The van der Waals surface area contributed by atoms with E-state index in [0.717, 1.165) is 9.48 Å². The summed E-state index contributed by atoms with van der Waals surface area (Å²) in [5.41, 5.74) is 4.15. The fourth-order valence-corrected chi connectivity index (χ4v) is 2.44. The van der Waals surface area contributed by atoms with Crippen molar-refractivity contribution in [2.45, 2.75) is 6.92 Å². The number of pyridine rings is 1. The Labute approximate surface area is 116 Å². The number of anilines is 2. The molecule has 0 spiro atoms. The second-order valence-corrected chi connectivity index (χ2v) is 5.85. The summed E-state index contributed by atoms with van der Waals surface area (Å²) in [6.07, 6.45) is 3.10. The minimum atomic E-state index is -0.308. The number of nitrogens with two attached hydrogens (primary N) is 1. The van der Waals surface area contributed by atoms with Gasteiger partial charge in [0.15, 0.2) is 5.13 Å². The smallest absolute Gasteiger partial charge is 0.261 e. The van der Waals surface area contributed by atoms with Gasteiger partial charge in [-0.05, 0) is 28.9 Å². The molecule has 2 aromatic rings. The number of halogens is 1. The Bertz CT molecular complexity index is 585. The minimum Gasteiger partial charge on any atom is -0.323 e. The normalized spacial score (nSPS) is 10.2. The topological polar surface area (TPSA) is 92.9 Å². The molecule has 0 saturated carbocycles. The maximum atomic E-state index is 12.0. The van der Waals surface area contributed by atoms with E-state index in [9.17, 15) is 4.79 Å². The summed E-state index contributed by atoms with van der Waals surface area (Å²) in [4.78, 5) is 20.1. The Balaban J connectivity index is 2.23. The number of rotatable bonds is 3. The lowest BCUT2D eigenvalue weighted by molar-refractivity contribution is 0.102. The Morgan fingerprint density at radius 2 is 2.22 bits per heavy atom. The molecule has 0 unspecified atom stereocenters. The lowest BCUT2D eigenvalue weighted by Crippen LogP contribution is -2.17. The van der Waals surface area contributed by atoms with Crippen molar-refractivity contribution in [1.82, 2.24) is 9.97 Å². The number of hydrazine groups is 1. The van der Waals surface area contributed by atoms with Crippen LogP contribution < -0.4 is 16.6 Å². The molecule has 0 bridgehead atoms. The molecule has 2 heterocycles. The van der Waals surface area contributed by atoms with Crippen molar-refractivity contribution in [3.05, 3.63) is 33.5 Å². The molecule has 18 heavy (non-hydrogen) atoms. The highest BCUT2D eigenvalue weighted by Gasteiger charge is 2.13. The van der Waals surface area contributed by atoms with Gasteiger partial charge < -0.3 is 5.43 Å². The Morgan fingerprint density at radius 3 is 2.83 bits per heavy atom. The molecular weight excluding hydrogens is 318 g/mol. The van der Waals surface area contributed by atoms with Gasteiger partial charge in [0.05, 0.1) is 21.2 Å². The molecule has 0 aliphatic heterocycles. The van der Waals surface area contributed by atoms with E-state index < -0.39 is 0 Å². The van der Waals surface area contributed by atoms with Crippen molar-refractivity contribution in [2.75, 3.05) is 10.7 Å². The molecule has 0 atom stereocenters. The van der Waals surface area contributed by atoms with E-state index in [1.54, 1.807) is 12.3 Å². The lowest BCUT2D eigenvalue weighted by Gasteiger charge is -2.08. The van der Waals surface area contributed by atoms with Gasteiger partial charge >= 0.3 is 0 Å². The molecule has 94 valence electrons. The van der Waals surface area contributed by atoms with Gasteiger partial charge in [-0.25, -0.2) is 4.98 Å². The van der Waals surface area contributed by atoms with Gasteiger partial charge in [0.1, 0.15) is 0 Å². The zero-order valence-corrected chi connectivity index (χ0v) is 11.8. The van der Waals surface area contributed by atoms with Gasteiger partial charge in [-0.1, -0.05) is 11.3 Å². The number of amides is 1. The van der Waals surface area contributed by atoms with Crippen LogP contribution in [0.2, 0.25) is 0 Å². The van der Waals surface area contributed by atoms with E-state index in [1.807, 2.05) is 6.92 Å².